The molecule has 1 aliphatic heterocycles. The van der Waals surface area contributed by atoms with E-state index in [0.29, 0.717) is 40.4 Å². The van der Waals surface area contributed by atoms with Crippen molar-refractivity contribution in [3.05, 3.63) is 41.0 Å². The smallest absolute Gasteiger partial charge is 0.334 e. The van der Waals surface area contributed by atoms with Crippen molar-refractivity contribution < 1.29 is 38.7 Å². The summed E-state index contributed by atoms with van der Waals surface area (Å²) in [5.41, 5.74) is 1.87. The normalized spacial score (nSPS) is 17.0. The largest absolute Gasteiger partial charge is 0.504 e. The molecular weight excluding hydrogens is 392 g/mol. The lowest BCUT2D eigenvalue weighted by Gasteiger charge is -2.14. The number of methoxy groups -OCH3 is 4. The molecule has 2 aromatic rings. The van der Waals surface area contributed by atoms with Crippen LogP contribution in [0.3, 0.4) is 0 Å². The first-order chi connectivity index (χ1) is 14.4. The summed E-state index contributed by atoms with van der Waals surface area (Å²) < 4.78 is 26.4. The molecule has 0 saturated carbocycles. The number of ether oxygens (including phenoxy) is 5. The maximum absolute atomic E-state index is 12.4. The highest BCUT2D eigenvalue weighted by Gasteiger charge is 2.31. The molecule has 0 amide bonds. The zero-order chi connectivity index (χ0) is 21.8. The van der Waals surface area contributed by atoms with Gasteiger partial charge in [-0.05, 0) is 47.9 Å². The maximum atomic E-state index is 12.4. The van der Waals surface area contributed by atoms with E-state index in [1.165, 1.54) is 34.5 Å². The van der Waals surface area contributed by atoms with Gasteiger partial charge in [0.1, 0.15) is 0 Å². The molecule has 0 bridgehead atoms. The fraction of sp³-hybridized carbons (Fsp3) is 0.318. The average molecular weight is 416 g/mol. The predicted molar refractivity (Wildman–Crippen MR) is 109 cm³/mol. The second-order valence-electron chi connectivity index (χ2n) is 6.72. The van der Waals surface area contributed by atoms with E-state index in [1.807, 2.05) is 0 Å². The average Bonchev–Trinajstić information content (AvgIpc) is 3.08. The van der Waals surface area contributed by atoms with Crippen LogP contribution in [0.25, 0.3) is 6.08 Å². The number of phenols is 2. The molecule has 30 heavy (non-hydrogen) atoms. The Labute approximate surface area is 174 Å². The molecule has 1 atom stereocenters. The van der Waals surface area contributed by atoms with Crippen LogP contribution in [-0.4, -0.2) is 51.2 Å². The molecule has 0 spiro atoms. The molecule has 2 aromatic carbocycles. The molecule has 0 radical (unpaired) electrons. The number of rotatable bonds is 7. The molecule has 3 rings (SSSR count). The molecule has 1 unspecified atom stereocenters. The zero-order valence-electron chi connectivity index (χ0n) is 17.2. The minimum absolute atomic E-state index is 0.158. The van der Waals surface area contributed by atoms with E-state index in [2.05, 4.69) is 0 Å². The third-order valence-corrected chi connectivity index (χ3v) is 4.92. The lowest BCUT2D eigenvalue weighted by atomic mass is 9.92. The van der Waals surface area contributed by atoms with Crippen LogP contribution in [0.2, 0.25) is 0 Å². The molecule has 0 aromatic heterocycles. The van der Waals surface area contributed by atoms with Crippen molar-refractivity contribution in [3.63, 3.8) is 0 Å². The standard InChI is InChI=1S/C22H24O8/c1-26-17-8-12(7-16(23)20(17)24)5-14-11-30-22(25)15(14)6-13-9-18(27-2)21(29-4)19(10-13)28-3/h6-10,14,23-24H,5,11H2,1-4H3/b15-6-. The number of esters is 1. The van der Waals surface area contributed by atoms with Crippen molar-refractivity contribution in [1.82, 2.24) is 0 Å². The third-order valence-electron chi connectivity index (χ3n) is 4.92. The lowest BCUT2D eigenvalue weighted by molar-refractivity contribution is -0.135. The van der Waals surface area contributed by atoms with Crippen molar-refractivity contribution in [2.24, 2.45) is 5.92 Å². The molecule has 2 N–H and O–H groups in total. The fourth-order valence-electron chi connectivity index (χ4n) is 3.43. The summed E-state index contributed by atoms with van der Waals surface area (Å²) in [5.74, 6) is 0.288. The van der Waals surface area contributed by atoms with E-state index in [0.717, 1.165) is 0 Å². The van der Waals surface area contributed by atoms with Gasteiger partial charge < -0.3 is 33.9 Å². The van der Waals surface area contributed by atoms with E-state index >= 15 is 0 Å². The van der Waals surface area contributed by atoms with Crippen LogP contribution >= 0.6 is 0 Å². The minimum Gasteiger partial charge on any atom is -0.504 e. The highest BCUT2D eigenvalue weighted by Crippen LogP contribution is 2.40. The highest BCUT2D eigenvalue weighted by molar-refractivity contribution is 5.96. The van der Waals surface area contributed by atoms with Crippen LogP contribution in [0.4, 0.5) is 0 Å². The van der Waals surface area contributed by atoms with Crippen LogP contribution in [-0.2, 0) is 16.0 Å². The number of carbonyl (C=O) groups excluding carboxylic acids is 1. The molecule has 0 aliphatic carbocycles. The van der Waals surface area contributed by atoms with Gasteiger partial charge in [0, 0.05) is 11.5 Å². The number of benzene rings is 2. The number of hydrogen-bond donors (Lipinski definition) is 2. The van der Waals surface area contributed by atoms with Gasteiger partial charge in [0.15, 0.2) is 23.0 Å². The van der Waals surface area contributed by atoms with Crippen molar-refractivity contribution in [2.75, 3.05) is 35.0 Å². The summed E-state index contributed by atoms with van der Waals surface area (Å²) in [7, 11) is 5.96. The van der Waals surface area contributed by atoms with Crippen LogP contribution < -0.4 is 18.9 Å². The van der Waals surface area contributed by atoms with Crippen LogP contribution in [0.5, 0.6) is 34.5 Å². The molecule has 1 heterocycles. The Bertz CT molecular complexity index is 954. The van der Waals surface area contributed by atoms with E-state index in [4.69, 9.17) is 23.7 Å². The molecule has 160 valence electrons. The van der Waals surface area contributed by atoms with Gasteiger partial charge in [0.05, 0.1) is 35.0 Å². The van der Waals surface area contributed by atoms with E-state index in [1.54, 1.807) is 24.3 Å². The number of hydrogen-bond acceptors (Lipinski definition) is 8. The van der Waals surface area contributed by atoms with Crippen LogP contribution in [0.1, 0.15) is 11.1 Å². The Kier molecular flexibility index (Phi) is 6.25. The van der Waals surface area contributed by atoms with Crippen molar-refractivity contribution >= 4 is 12.0 Å². The topological polar surface area (TPSA) is 104 Å². The quantitative estimate of drug-likeness (QED) is 0.403. The Morgan fingerprint density at radius 2 is 1.60 bits per heavy atom. The van der Waals surface area contributed by atoms with Crippen LogP contribution in [0, 0.1) is 5.92 Å². The second-order valence-corrected chi connectivity index (χ2v) is 6.72. The number of aromatic hydroxyl groups is 2. The van der Waals surface area contributed by atoms with Gasteiger partial charge in [-0.25, -0.2) is 4.79 Å². The monoisotopic (exact) mass is 416 g/mol. The summed E-state index contributed by atoms with van der Waals surface area (Å²) in [4.78, 5) is 12.4. The van der Waals surface area contributed by atoms with Gasteiger partial charge in [-0.1, -0.05) is 0 Å². The minimum atomic E-state index is -0.413. The SMILES string of the molecule is COc1cc(CC2COC(=O)/C2=C\c2cc(OC)c(OC)c(OC)c2)cc(O)c1O. The van der Waals surface area contributed by atoms with Crippen molar-refractivity contribution in [1.29, 1.82) is 0 Å². The summed E-state index contributed by atoms with van der Waals surface area (Å²) in [5, 5.41) is 19.7. The van der Waals surface area contributed by atoms with Crippen molar-refractivity contribution in [2.45, 2.75) is 6.42 Å². The third kappa shape index (κ3) is 4.07. The van der Waals surface area contributed by atoms with Gasteiger partial charge in [-0.3, -0.25) is 0 Å². The number of cyclic esters (lactones) is 1. The summed E-state index contributed by atoms with van der Waals surface area (Å²) in [6.45, 7) is 0.207. The van der Waals surface area contributed by atoms with Gasteiger partial charge in [-0.2, -0.15) is 0 Å². The Morgan fingerprint density at radius 1 is 0.967 bits per heavy atom. The molecule has 1 saturated heterocycles. The Balaban J connectivity index is 1.96. The van der Waals surface area contributed by atoms with Crippen LogP contribution in [0.15, 0.2) is 29.8 Å². The molecule has 1 fully saturated rings. The van der Waals surface area contributed by atoms with Gasteiger partial charge in [0.25, 0.3) is 0 Å². The van der Waals surface area contributed by atoms with Gasteiger partial charge in [0.2, 0.25) is 11.5 Å². The fourth-order valence-corrected chi connectivity index (χ4v) is 3.43. The first-order valence-electron chi connectivity index (χ1n) is 9.19. The van der Waals surface area contributed by atoms with Gasteiger partial charge in [-0.15, -0.1) is 0 Å². The number of carbonyl (C=O) groups is 1. The molecule has 8 nitrogen and oxygen atoms in total. The highest BCUT2D eigenvalue weighted by atomic mass is 16.5. The Hall–Kier alpha value is -3.55. The molecular formula is C22H24O8. The van der Waals surface area contributed by atoms with E-state index in [9.17, 15) is 15.0 Å². The first kappa shape index (κ1) is 21.2. The lowest BCUT2D eigenvalue weighted by Crippen LogP contribution is -2.08. The van der Waals surface area contributed by atoms with Crippen molar-refractivity contribution in [3.8, 4) is 34.5 Å². The van der Waals surface area contributed by atoms with Gasteiger partial charge >= 0.3 is 5.97 Å². The maximum Gasteiger partial charge on any atom is 0.334 e. The molecule has 8 heteroatoms. The Morgan fingerprint density at radius 3 is 2.17 bits per heavy atom. The zero-order valence-corrected chi connectivity index (χ0v) is 17.2. The summed E-state index contributed by atoms with van der Waals surface area (Å²) in [6, 6.07) is 6.55. The first-order valence-corrected chi connectivity index (χ1v) is 9.19. The number of phenolic OH excluding ortho intramolecular Hbond substituents is 2. The second kappa shape index (κ2) is 8.86. The summed E-state index contributed by atoms with van der Waals surface area (Å²) >= 11 is 0. The van der Waals surface area contributed by atoms with E-state index < -0.39 is 5.97 Å². The summed E-state index contributed by atoms with van der Waals surface area (Å²) in [6.07, 6.45) is 2.13. The molecule has 1 aliphatic rings. The van der Waals surface area contributed by atoms with E-state index in [-0.39, 0.29) is 29.8 Å². The predicted octanol–water partition coefficient (Wildman–Crippen LogP) is 2.93.